The number of aromatic nitrogens is 1. The Morgan fingerprint density at radius 3 is 2.95 bits per heavy atom. The van der Waals surface area contributed by atoms with Crippen LogP contribution >= 0.6 is 0 Å². The van der Waals surface area contributed by atoms with Gasteiger partial charge in [-0.1, -0.05) is 19.3 Å². The number of nitrogens with zero attached hydrogens (tertiary/aromatic N) is 1. The van der Waals surface area contributed by atoms with Gasteiger partial charge in [-0.15, -0.1) is 0 Å². The number of carbonyl (C=O) groups is 1. The van der Waals surface area contributed by atoms with E-state index in [-0.39, 0.29) is 17.4 Å². The third-order valence-corrected chi connectivity index (χ3v) is 3.29. The van der Waals surface area contributed by atoms with Gasteiger partial charge >= 0.3 is 0 Å². The van der Waals surface area contributed by atoms with Gasteiger partial charge in [0.15, 0.2) is 5.69 Å². The monoisotopic (exact) mass is 264 g/mol. The summed E-state index contributed by atoms with van der Waals surface area (Å²) in [6.45, 7) is 0.940. The van der Waals surface area contributed by atoms with Crippen molar-refractivity contribution in [2.24, 2.45) is 0 Å². The molecule has 0 bridgehead atoms. The normalized spacial score (nSPS) is 16.2. The molecule has 1 fully saturated rings. The highest BCUT2D eigenvalue weighted by molar-refractivity contribution is 5.94. The molecule has 1 amide bonds. The molecule has 0 saturated heterocycles. The van der Waals surface area contributed by atoms with Crippen molar-refractivity contribution in [1.82, 2.24) is 10.3 Å². The Labute approximate surface area is 113 Å². The fourth-order valence-electron chi connectivity index (χ4n) is 2.28. The van der Waals surface area contributed by atoms with Crippen LogP contribution in [0.1, 0.15) is 42.6 Å². The van der Waals surface area contributed by atoms with E-state index in [1.165, 1.54) is 31.5 Å². The lowest BCUT2D eigenvalue weighted by molar-refractivity contribution is 0.0299. The van der Waals surface area contributed by atoms with Crippen LogP contribution in [0.2, 0.25) is 0 Å². The average molecular weight is 264 g/mol. The van der Waals surface area contributed by atoms with Gasteiger partial charge < -0.3 is 15.2 Å². The Morgan fingerprint density at radius 1 is 1.42 bits per heavy atom. The van der Waals surface area contributed by atoms with Crippen molar-refractivity contribution in [3.63, 3.8) is 0 Å². The molecule has 0 radical (unpaired) electrons. The number of ether oxygens (including phenoxy) is 1. The molecule has 0 atom stereocenters. The molecule has 2 rings (SSSR count). The van der Waals surface area contributed by atoms with Crippen LogP contribution in [0.4, 0.5) is 0 Å². The Kier molecular flexibility index (Phi) is 5.15. The van der Waals surface area contributed by atoms with Gasteiger partial charge in [-0.25, -0.2) is 4.98 Å². The summed E-state index contributed by atoms with van der Waals surface area (Å²) >= 11 is 0. The van der Waals surface area contributed by atoms with Crippen molar-refractivity contribution in [3.8, 4) is 5.75 Å². The minimum Gasteiger partial charge on any atom is -0.505 e. The molecular formula is C14H20N2O3. The summed E-state index contributed by atoms with van der Waals surface area (Å²) < 4.78 is 5.70. The van der Waals surface area contributed by atoms with Gasteiger partial charge in [0.25, 0.3) is 5.91 Å². The summed E-state index contributed by atoms with van der Waals surface area (Å²) in [6, 6.07) is 3.03. The minimum atomic E-state index is -0.370. The predicted molar refractivity (Wildman–Crippen MR) is 71.1 cm³/mol. The van der Waals surface area contributed by atoms with E-state index in [2.05, 4.69) is 10.3 Å². The van der Waals surface area contributed by atoms with Crippen LogP contribution < -0.4 is 5.32 Å². The zero-order valence-corrected chi connectivity index (χ0v) is 11.0. The maximum atomic E-state index is 11.7. The molecule has 1 saturated carbocycles. The Balaban J connectivity index is 1.68. The first-order valence-corrected chi connectivity index (χ1v) is 6.81. The first kappa shape index (κ1) is 13.8. The number of hydrogen-bond donors (Lipinski definition) is 2. The summed E-state index contributed by atoms with van der Waals surface area (Å²) in [7, 11) is 0. The molecule has 2 N–H and O–H groups in total. The third-order valence-electron chi connectivity index (χ3n) is 3.29. The van der Waals surface area contributed by atoms with E-state index in [9.17, 15) is 9.90 Å². The molecule has 19 heavy (non-hydrogen) atoms. The smallest absolute Gasteiger partial charge is 0.273 e. The quantitative estimate of drug-likeness (QED) is 0.796. The van der Waals surface area contributed by atoms with Crippen LogP contribution in [0.3, 0.4) is 0 Å². The molecule has 1 heterocycles. The largest absolute Gasteiger partial charge is 0.505 e. The Hall–Kier alpha value is -1.62. The number of aromatic hydroxyl groups is 1. The van der Waals surface area contributed by atoms with Gasteiger partial charge in [0.1, 0.15) is 5.75 Å². The molecule has 5 nitrogen and oxygen atoms in total. The van der Waals surface area contributed by atoms with E-state index >= 15 is 0 Å². The fraction of sp³-hybridized carbons (Fsp3) is 0.571. The van der Waals surface area contributed by atoms with E-state index in [0.717, 1.165) is 12.8 Å². The van der Waals surface area contributed by atoms with Gasteiger partial charge in [0.05, 0.1) is 12.7 Å². The van der Waals surface area contributed by atoms with Crippen LogP contribution in [0.15, 0.2) is 18.3 Å². The van der Waals surface area contributed by atoms with Gasteiger partial charge in [-0.2, -0.15) is 0 Å². The molecule has 104 valence electrons. The molecule has 0 spiro atoms. The fourth-order valence-corrected chi connectivity index (χ4v) is 2.28. The second kappa shape index (κ2) is 7.09. The molecule has 0 aliphatic heterocycles. The van der Waals surface area contributed by atoms with Crippen LogP contribution in [-0.4, -0.2) is 35.3 Å². The van der Waals surface area contributed by atoms with Crippen LogP contribution in [-0.2, 0) is 4.74 Å². The van der Waals surface area contributed by atoms with E-state index < -0.39 is 0 Å². The van der Waals surface area contributed by atoms with Crippen molar-refractivity contribution >= 4 is 5.91 Å². The third kappa shape index (κ3) is 4.21. The van der Waals surface area contributed by atoms with E-state index in [0.29, 0.717) is 19.3 Å². The van der Waals surface area contributed by atoms with Crippen LogP contribution in [0.5, 0.6) is 5.75 Å². The highest BCUT2D eigenvalue weighted by atomic mass is 16.5. The van der Waals surface area contributed by atoms with Crippen LogP contribution in [0, 0.1) is 0 Å². The van der Waals surface area contributed by atoms with E-state index in [1.54, 1.807) is 6.07 Å². The van der Waals surface area contributed by atoms with Gasteiger partial charge in [0.2, 0.25) is 0 Å². The van der Waals surface area contributed by atoms with Gasteiger partial charge in [-0.05, 0) is 25.0 Å². The summed E-state index contributed by atoms with van der Waals surface area (Å²) in [4.78, 5) is 15.6. The Morgan fingerprint density at radius 2 is 2.21 bits per heavy atom. The predicted octanol–water partition coefficient (Wildman–Crippen LogP) is 1.87. The number of rotatable bonds is 5. The number of nitrogens with one attached hydrogen (secondary N) is 1. The number of pyridine rings is 1. The zero-order chi connectivity index (χ0) is 13.5. The maximum Gasteiger partial charge on any atom is 0.273 e. The van der Waals surface area contributed by atoms with Gasteiger partial charge in [-0.3, -0.25) is 4.79 Å². The first-order chi connectivity index (χ1) is 9.27. The van der Waals surface area contributed by atoms with Crippen molar-refractivity contribution in [3.05, 3.63) is 24.0 Å². The lowest BCUT2D eigenvalue weighted by Crippen LogP contribution is -2.29. The number of amides is 1. The standard InChI is InChI=1S/C14H20N2O3/c17-12-7-4-8-15-13(12)14(18)16-9-10-19-11-5-2-1-3-6-11/h4,7-8,11,17H,1-3,5-6,9-10H2,(H,16,18). The second-order valence-corrected chi connectivity index (χ2v) is 4.76. The van der Waals surface area contributed by atoms with E-state index in [1.807, 2.05) is 0 Å². The first-order valence-electron chi connectivity index (χ1n) is 6.81. The highest BCUT2D eigenvalue weighted by Gasteiger charge is 2.14. The van der Waals surface area contributed by atoms with Crippen molar-refractivity contribution in [1.29, 1.82) is 0 Å². The maximum absolute atomic E-state index is 11.7. The van der Waals surface area contributed by atoms with Crippen LogP contribution in [0.25, 0.3) is 0 Å². The lowest BCUT2D eigenvalue weighted by atomic mass is 9.98. The molecule has 5 heteroatoms. The van der Waals surface area contributed by atoms with E-state index in [4.69, 9.17) is 4.74 Å². The van der Waals surface area contributed by atoms with Crippen molar-refractivity contribution in [2.75, 3.05) is 13.2 Å². The van der Waals surface area contributed by atoms with Gasteiger partial charge in [0, 0.05) is 12.7 Å². The summed E-state index contributed by atoms with van der Waals surface area (Å²) in [5.74, 6) is -0.474. The van der Waals surface area contributed by atoms with Crippen molar-refractivity contribution < 1.29 is 14.6 Å². The van der Waals surface area contributed by atoms with Crippen molar-refractivity contribution in [2.45, 2.75) is 38.2 Å². The molecule has 0 aromatic carbocycles. The Bertz CT molecular complexity index is 417. The second-order valence-electron chi connectivity index (χ2n) is 4.76. The lowest BCUT2D eigenvalue weighted by Gasteiger charge is -2.21. The topological polar surface area (TPSA) is 71.5 Å². The summed E-state index contributed by atoms with van der Waals surface area (Å²) in [6.07, 6.45) is 7.83. The molecule has 1 aliphatic carbocycles. The number of carbonyl (C=O) groups excluding carboxylic acids is 1. The summed E-state index contributed by atoms with van der Waals surface area (Å²) in [5, 5.41) is 12.2. The molecule has 1 aromatic heterocycles. The molecule has 0 unspecified atom stereocenters. The zero-order valence-electron chi connectivity index (χ0n) is 11.0. The molecular weight excluding hydrogens is 244 g/mol. The highest BCUT2D eigenvalue weighted by Crippen LogP contribution is 2.19. The minimum absolute atomic E-state index is 0.0557. The molecule has 1 aliphatic rings. The average Bonchev–Trinajstić information content (AvgIpc) is 2.45. The summed E-state index contributed by atoms with van der Waals surface area (Å²) in [5.41, 5.74) is 0.0557. The SMILES string of the molecule is O=C(NCCOC1CCCCC1)c1ncccc1O. The number of hydrogen-bond acceptors (Lipinski definition) is 4. The molecule has 1 aromatic rings.